The standard InChI is InChI=1S/C14H16FNO/c1-16-8-10-5-6-11(10)13-7-9-3-2-4-12(15)14(9)17-13/h2-4,7,10-11,16H,5-6,8H2,1H3. The van der Waals surface area contributed by atoms with Gasteiger partial charge in [0.15, 0.2) is 11.4 Å². The first-order valence-electron chi connectivity index (χ1n) is 6.12. The molecule has 3 rings (SSSR count). The number of hydrogen-bond donors (Lipinski definition) is 1. The van der Waals surface area contributed by atoms with E-state index >= 15 is 0 Å². The lowest BCUT2D eigenvalue weighted by Gasteiger charge is -2.35. The summed E-state index contributed by atoms with van der Waals surface area (Å²) in [5.41, 5.74) is 0.401. The van der Waals surface area contributed by atoms with Crippen molar-refractivity contribution in [3.8, 4) is 0 Å². The zero-order valence-electron chi connectivity index (χ0n) is 9.87. The molecule has 0 amide bonds. The first-order chi connectivity index (χ1) is 8.29. The fraction of sp³-hybridized carbons (Fsp3) is 0.429. The Kier molecular flexibility index (Phi) is 2.63. The zero-order chi connectivity index (χ0) is 11.8. The number of halogens is 1. The van der Waals surface area contributed by atoms with Crippen LogP contribution in [0.2, 0.25) is 0 Å². The molecular formula is C14H16FNO. The third kappa shape index (κ3) is 1.75. The Hall–Kier alpha value is -1.35. The number of fused-ring (bicyclic) bond motifs is 1. The van der Waals surface area contributed by atoms with E-state index in [-0.39, 0.29) is 5.82 Å². The van der Waals surface area contributed by atoms with Crippen LogP contribution in [0.5, 0.6) is 0 Å². The van der Waals surface area contributed by atoms with Crippen molar-refractivity contribution in [2.24, 2.45) is 5.92 Å². The lowest BCUT2D eigenvalue weighted by molar-refractivity contribution is 0.222. The van der Waals surface area contributed by atoms with E-state index in [1.165, 1.54) is 12.5 Å². The highest BCUT2D eigenvalue weighted by Crippen LogP contribution is 2.43. The Morgan fingerprint density at radius 1 is 1.41 bits per heavy atom. The van der Waals surface area contributed by atoms with Crippen LogP contribution in [0.15, 0.2) is 28.7 Å². The lowest BCUT2D eigenvalue weighted by Crippen LogP contribution is -2.31. The van der Waals surface area contributed by atoms with Crippen LogP contribution >= 0.6 is 0 Å². The normalized spacial score (nSPS) is 23.9. The molecular weight excluding hydrogens is 217 g/mol. The minimum atomic E-state index is -0.266. The van der Waals surface area contributed by atoms with E-state index < -0.39 is 0 Å². The molecule has 1 aromatic heterocycles. The third-order valence-electron chi connectivity index (χ3n) is 3.76. The number of rotatable bonds is 3. The highest BCUT2D eigenvalue weighted by molar-refractivity contribution is 5.78. The molecule has 3 heteroatoms. The molecule has 0 aliphatic heterocycles. The predicted molar refractivity (Wildman–Crippen MR) is 65.6 cm³/mol. The average Bonchev–Trinajstić information content (AvgIpc) is 2.69. The van der Waals surface area contributed by atoms with Gasteiger partial charge in [-0.3, -0.25) is 0 Å². The quantitative estimate of drug-likeness (QED) is 0.880. The van der Waals surface area contributed by atoms with Gasteiger partial charge in [-0.2, -0.15) is 0 Å². The van der Waals surface area contributed by atoms with E-state index in [1.807, 2.05) is 19.2 Å². The average molecular weight is 233 g/mol. The van der Waals surface area contributed by atoms with Crippen LogP contribution in [0, 0.1) is 11.7 Å². The van der Waals surface area contributed by atoms with Crippen molar-refractivity contribution < 1.29 is 8.81 Å². The van der Waals surface area contributed by atoms with Crippen molar-refractivity contribution in [2.45, 2.75) is 18.8 Å². The summed E-state index contributed by atoms with van der Waals surface area (Å²) in [4.78, 5) is 0. The van der Waals surface area contributed by atoms with Crippen LogP contribution in [0.4, 0.5) is 4.39 Å². The molecule has 1 aliphatic rings. The molecule has 0 radical (unpaired) electrons. The van der Waals surface area contributed by atoms with Crippen molar-refractivity contribution >= 4 is 11.0 Å². The van der Waals surface area contributed by atoms with Crippen molar-refractivity contribution in [2.75, 3.05) is 13.6 Å². The summed E-state index contributed by atoms with van der Waals surface area (Å²) in [6, 6.07) is 7.06. The molecule has 0 spiro atoms. The predicted octanol–water partition coefficient (Wildman–Crippen LogP) is 3.28. The maximum absolute atomic E-state index is 13.5. The summed E-state index contributed by atoms with van der Waals surface area (Å²) in [7, 11) is 1.97. The highest BCUT2D eigenvalue weighted by atomic mass is 19.1. The fourth-order valence-electron chi connectivity index (χ4n) is 2.68. The van der Waals surface area contributed by atoms with Crippen LogP contribution in [-0.2, 0) is 0 Å². The Labute approximate surface area is 99.8 Å². The first kappa shape index (κ1) is 10.8. The second-order valence-electron chi connectivity index (χ2n) is 4.81. The summed E-state index contributed by atoms with van der Waals surface area (Å²) < 4.78 is 19.2. The molecule has 1 N–H and O–H groups in total. The van der Waals surface area contributed by atoms with Crippen LogP contribution in [-0.4, -0.2) is 13.6 Å². The zero-order valence-corrected chi connectivity index (χ0v) is 9.87. The molecule has 1 fully saturated rings. The van der Waals surface area contributed by atoms with E-state index in [0.29, 0.717) is 17.4 Å². The van der Waals surface area contributed by atoms with Crippen molar-refractivity contribution in [3.05, 3.63) is 35.8 Å². The van der Waals surface area contributed by atoms with Gasteiger partial charge in [0.05, 0.1) is 0 Å². The molecule has 0 saturated heterocycles. The summed E-state index contributed by atoms with van der Waals surface area (Å²) in [5, 5.41) is 4.07. The Bertz CT molecular complexity index is 534. The molecule has 0 bridgehead atoms. The maximum Gasteiger partial charge on any atom is 0.169 e. The monoisotopic (exact) mass is 233 g/mol. The van der Waals surface area contributed by atoms with Gasteiger partial charge in [0, 0.05) is 11.3 Å². The first-order valence-corrected chi connectivity index (χ1v) is 6.12. The lowest BCUT2D eigenvalue weighted by atomic mass is 9.72. The van der Waals surface area contributed by atoms with Gasteiger partial charge < -0.3 is 9.73 Å². The minimum Gasteiger partial charge on any atom is -0.458 e. The van der Waals surface area contributed by atoms with Gasteiger partial charge in [0.1, 0.15) is 5.76 Å². The molecule has 2 nitrogen and oxygen atoms in total. The molecule has 2 unspecified atom stereocenters. The van der Waals surface area contributed by atoms with Crippen LogP contribution < -0.4 is 5.32 Å². The van der Waals surface area contributed by atoms with Crippen molar-refractivity contribution in [1.29, 1.82) is 0 Å². The SMILES string of the molecule is CNCC1CCC1c1cc2cccc(F)c2o1. The van der Waals surface area contributed by atoms with Crippen LogP contribution in [0.3, 0.4) is 0 Å². The molecule has 2 atom stereocenters. The van der Waals surface area contributed by atoms with Gasteiger partial charge in [-0.15, -0.1) is 0 Å². The van der Waals surface area contributed by atoms with Gasteiger partial charge in [-0.25, -0.2) is 4.39 Å². The van der Waals surface area contributed by atoms with Gasteiger partial charge in [-0.1, -0.05) is 12.1 Å². The van der Waals surface area contributed by atoms with Crippen molar-refractivity contribution in [1.82, 2.24) is 5.32 Å². The second-order valence-corrected chi connectivity index (χ2v) is 4.81. The molecule has 17 heavy (non-hydrogen) atoms. The number of furan rings is 1. The molecule has 90 valence electrons. The molecule has 1 saturated carbocycles. The molecule has 1 aliphatic carbocycles. The van der Waals surface area contributed by atoms with E-state index in [1.54, 1.807) is 6.07 Å². The van der Waals surface area contributed by atoms with Gasteiger partial charge in [0.2, 0.25) is 0 Å². The van der Waals surface area contributed by atoms with E-state index in [9.17, 15) is 4.39 Å². The summed E-state index contributed by atoms with van der Waals surface area (Å²) in [6.07, 6.45) is 2.37. The van der Waals surface area contributed by atoms with Gasteiger partial charge >= 0.3 is 0 Å². The number of benzene rings is 1. The van der Waals surface area contributed by atoms with Gasteiger partial charge in [0.25, 0.3) is 0 Å². The maximum atomic E-state index is 13.5. The smallest absolute Gasteiger partial charge is 0.169 e. The van der Waals surface area contributed by atoms with Crippen molar-refractivity contribution in [3.63, 3.8) is 0 Å². The number of nitrogens with one attached hydrogen (secondary N) is 1. The van der Waals surface area contributed by atoms with E-state index in [4.69, 9.17) is 4.42 Å². The second kappa shape index (κ2) is 4.15. The highest BCUT2D eigenvalue weighted by Gasteiger charge is 2.34. The number of hydrogen-bond acceptors (Lipinski definition) is 2. The van der Waals surface area contributed by atoms with Gasteiger partial charge in [-0.05, 0) is 44.5 Å². The molecule has 2 aromatic rings. The molecule has 1 aromatic carbocycles. The summed E-state index contributed by atoms with van der Waals surface area (Å²) in [6.45, 7) is 1.00. The van der Waals surface area contributed by atoms with Crippen LogP contribution in [0.1, 0.15) is 24.5 Å². The van der Waals surface area contributed by atoms with E-state index in [2.05, 4.69) is 5.32 Å². The minimum absolute atomic E-state index is 0.266. The van der Waals surface area contributed by atoms with Crippen LogP contribution in [0.25, 0.3) is 11.0 Å². The fourth-order valence-corrected chi connectivity index (χ4v) is 2.68. The Balaban J connectivity index is 1.93. The summed E-state index contributed by atoms with van der Waals surface area (Å²) in [5.74, 6) is 1.76. The summed E-state index contributed by atoms with van der Waals surface area (Å²) >= 11 is 0. The molecule has 1 heterocycles. The third-order valence-corrected chi connectivity index (χ3v) is 3.76. The topological polar surface area (TPSA) is 25.2 Å². The Morgan fingerprint density at radius 3 is 2.94 bits per heavy atom. The Morgan fingerprint density at radius 2 is 2.29 bits per heavy atom. The van der Waals surface area contributed by atoms with E-state index in [0.717, 1.165) is 24.1 Å². The largest absolute Gasteiger partial charge is 0.458 e. The number of para-hydroxylation sites is 1.